The van der Waals surface area contributed by atoms with Crippen molar-refractivity contribution < 1.29 is 4.79 Å². The number of hydrogen-bond donors (Lipinski definition) is 1. The van der Waals surface area contributed by atoms with E-state index in [1.54, 1.807) is 16.4 Å². The Morgan fingerprint density at radius 1 is 1.41 bits per heavy atom. The number of tetrazole rings is 1. The number of benzene rings is 1. The number of nitrogens with zero attached hydrogens (tertiary/aromatic N) is 4. The van der Waals surface area contributed by atoms with E-state index in [2.05, 4.69) is 26.9 Å². The standard InChI is InChI=1S/C15H19N5OS/c1-10(2)20-14(17-18-19-20)9-22-13-8-7-11-5-3-4-6-12(11)16-15(13)21/h3-6,10,13H,7-9H2,1-2H3,(H,16,21)/t13-/m1/s1. The van der Waals surface area contributed by atoms with E-state index in [0.717, 1.165) is 24.4 Å². The van der Waals surface area contributed by atoms with Crippen molar-refractivity contribution in [2.75, 3.05) is 5.32 Å². The van der Waals surface area contributed by atoms with E-state index in [4.69, 9.17) is 0 Å². The molecule has 0 radical (unpaired) electrons. The Bertz CT molecular complexity index is 669. The number of nitrogens with one attached hydrogen (secondary N) is 1. The van der Waals surface area contributed by atoms with Crippen LogP contribution in [0.5, 0.6) is 0 Å². The zero-order chi connectivity index (χ0) is 15.5. The molecule has 0 bridgehead atoms. The van der Waals surface area contributed by atoms with Crippen molar-refractivity contribution in [1.29, 1.82) is 0 Å². The molecule has 1 aliphatic heterocycles. The van der Waals surface area contributed by atoms with E-state index in [1.165, 1.54) is 5.56 Å². The summed E-state index contributed by atoms with van der Waals surface area (Å²) in [5.74, 6) is 1.52. The molecule has 0 saturated heterocycles. The third-order valence-electron chi connectivity index (χ3n) is 3.71. The lowest BCUT2D eigenvalue weighted by molar-refractivity contribution is -0.115. The van der Waals surface area contributed by atoms with Gasteiger partial charge in [-0.15, -0.1) is 16.9 Å². The average Bonchev–Trinajstić information content (AvgIpc) is 2.91. The van der Waals surface area contributed by atoms with Gasteiger partial charge in [-0.05, 0) is 48.7 Å². The third kappa shape index (κ3) is 3.14. The molecular weight excluding hydrogens is 298 g/mol. The van der Waals surface area contributed by atoms with Crippen LogP contribution in [0.15, 0.2) is 24.3 Å². The number of anilines is 1. The summed E-state index contributed by atoms with van der Waals surface area (Å²) in [6.45, 7) is 4.08. The van der Waals surface area contributed by atoms with E-state index in [1.807, 2.05) is 32.0 Å². The molecule has 0 aliphatic carbocycles. The lowest BCUT2D eigenvalue weighted by Gasteiger charge is -2.13. The molecule has 0 fully saturated rings. The van der Waals surface area contributed by atoms with Crippen molar-refractivity contribution in [3.63, 3.8) is 0 Å². The Hall–Kier alpha value is -1.89. The number of para-hydroxylation sites is 1. The first-order chi connectivity index (χ1) is 10.6. The SMILES string of the molecule is CC(C)n1nnnc1CS[C@@H]1CCc2ccccc2NC1=O. The largest absolute Gasteiger partial charge is 0.325 e. The van der Waals surface area contributed by atoms with Gasteiger partial charge in [-0.2, -0.15) is 0 Å². The first-order valence-corrected chi connectivity index (χ1v) is 8.47. The molecule has 116 valence electrons. The monoisotopic (exact) mass is 317 g/mol. The molecule has 2 aromatic rings. The summed E-state index contributed by atoms with van der Waals surface area (Å²) in [6, 6.07) is 8.21. The molecule has 1 aliphatic rings. The fraction of sp³-hybridized carbons (Fsp3) is 0.467. The van der Waals surface area contributed by atoms with Crippen LogP contribution < -0.4 is 5.32 Å². The molecule has 6 nitrogen and oxygen atoms in total. The van der Waals surface area contributed by atoms with Gasteiger partial charge in [0.05, 0.1) is 17.0 Å². The molecule has 2 heterocycles. The first kappa shape index (κ1) is 15.0. The zero-order valence-corrected chi connectivity index (χ0v) is 13.5. The average molecular weight is 317 g/mol. The first-order valence-electron chi connectivity index (χ1n) is 7.42. The summed E-state index contributed by atoms with van der Waals surface area (Å²) in [6.07, 6.45) is 1.73. The topological polar surface area (TPSA) is 72.7 Å². The van der Waals surface area contributed by atoms with Crippen LogP contribution in [0.1, 0.15) is 37.7 Å². The summed E-state index contributed by atoms with van der Waals surface area (Å²) < 4.78 is 1.80. The van der Waals surface area contributed by atoms with E-state index >= 15 is 0 Å². The molecule has 1 atom stereocenters. The highest BCUT2D eigenvalue weighted by atomic mass is 32.2. The number of carbonyl (C=O) groups excluding carboxylic acids is 1. The number of thioether (sulfide) groups is 1. The van der Waals surface area contributed by atoms with Gasteiger partial charge >= 0.3 is 0 Å². The lowest BCUT2D eigenvalue weighted by Crippen LogP contribution is -2.24. The number of aromatic nitrogens is 4. The van der Waals surface area contributed by atoms with Crippen molar-refractivity contribution in [1.82, 2.24) is 20.2 Å². The van der Waals surface area contributed by atoms with Gasteiger partial charge in [-0.1, -0.05) is 18.2 Å². The molecule has 3 rings (SSSR count). The molecule has 1 aromatic heterocycles. The number of carbonyl (C=O) groups is 1. The van der Waals surface area contributed by atoms with Crippen LogP contribution in [0.4, 0.5) is 5.69 Å². The van der Waals surface area contributed by atoms with Gasteiger partial charge < -0.3 is 5.32 Å². The van der Waals surface area contributed by atoms with Crippen LogP contribution in [-0.4, -0.2) is 31.4 Å². The maximum atomic E-state index is 12.4. The Morgan fingerprint density at radius 2 is 2.23 bits per heavy atom. The number of hydrogen-bond acceptors (Lipinski definition) is 5. The van der Waals surface area contributed by atoms with Gasteiger partial charge in [-0.3, -0.25) is 4.79 Å². The maximum absolute atomic E-state index is 12.4. The van der Waals surface area contributed by atoms with Crippen LogP contribution in [0, 0.1) is 0 Å². The highest BCUT2D eigenvalue weighted by molar-refractivity contribution is 7.99. The molecule has 0 unspecified atom stereocenters. The number of aryl methyl sites for hydroxylation is 1. The summed E-state index contributed by atoms with van der Waals surface area (Å²) in [5, 5.41) is 14.7. The summed E-state index contributed by atoms with van der Waals surface area (Å²) in [5.41, 5.74) is 2.13. The Morgan fingerprint density at radius 3 is 3.05 bits per heavy atom. The van der Waals surface area contributed by atoms with Crippen LogP contribution >= 0.6 is 11.8 Å². The maximum Gasteiger partial charge on any atom is 0.237 e. The van der Waals surface area contributed by atoms with Crippen molar-refractivity contribution in [3.05, 3.63) is 35.7 Å². The predicted molar refractivity (Wildman–Crippen MR) is 86.7 cm³/mol. The van der Waals surface area contributed by atoms with Gasteiger partial charge in [-0.25, -0.2) is 4.68 Å². The highest BCUT2D eigenvalue weighted by Crippen LogP contribution is 2.28. The number of rotatable bonds is 4. The molecule has 0 spiro atoms. The Balaban J connectivity index is 1.66. The minimum absolute atomic E-state index is 0.0681. The highest BCUT2D eigenvalue weighted by Gasteiger charge is 2.24. The second-order valence-corrected chi connectivity index (χ2v) is 6.81. The summed E-state index contributed by atoms with van der Waals surface area (Å²) >= 11 is 1.60. The molecule has 7 heteroatoms. The molecule has 1 amide bonds. The van der Waals surface area contributed by atoms with Crippen LogP contribution in [0.25, 0.3) is 0 Å². The second-order valence-electron chi connectivity index (χ2n) is 5.62. The normalized spacial score (nSPS) is 18.0. The van der Waals surface area contributed by atoms with Gasteiger partial charge in [0.15, 0.2) is 5.82 Å². The van der Waals surface area contributed by atoms with Crippen LogP contribution in [-0.2, 0) is 17.0 Å². The smallest absolute Gasteiger partial charge is 0.237 e. The molecular formula is C15H19N5OS. The van der Waals surface area contributed by atoms with E-state index < -0.39 is 0 Å². The Kier molecular flexibility index (Phi) is 4.42. The van der Waals surface area contributed by atoms with Gasteiger partial charge in [0, 0.05) is 5.69 Å². The number of fused-ring (bicyclic) bond motifs is 1. The van der Waals surface area contributed by atoms with Crippen molar-refractivity contribution in [2.24, 2.45) is 0 Å². The molecule has 22 heavy (non-hydrogen) atoms. The fourth-order valence-electron chi connectivity index (χ4n) is 2.53. The molecule has 1 aromatic carbocycles. The third-order valence-corrected chi connectivity index (χ3v) is 4.98. The lowest BCUT2D eigenvalue weighted by atomic mass is 10.1. The fourth-order valence-corrected chi connectivity index (χ4v) is 3.57. The van der Waals surface area contributed by atoms with Crippen molar-refractivity contribution in [2.45, 2.75) is 43.7 Å². The van der Waals surface area contributed by atoms with Gasteiger partial charge in [0.2, 0.25) is 5.91 Å². The summed E-state index contributed by atoms with van der Waals surface area (Å²) in [7, 11) is 0. The van der Waals surface area contributed by atoms with E-state index in [-0.39, 0.29) is 17.2 Å². The van der Waals surface area contributed by atoms with Crippen LogP contribution in [0.2, 0.25) is 0 Å². The Labute approximate surface area is 133 Å². The zero-order valence-electron chi connectivity index (χ0n) is 12.7. The minimum atomic E-state index is -0.0790. The predicted octanol–water partition coefficient (Wildman–Crippen LogP) is 2.44. The second kappa shape index (κ2) is 6.48. The van der Waals surface area contributed by atoms with E-state index in [0.29, 0.717) is 5.75 Å². The van der Waals surface area contributed by atoms with Gasteiger partial charge in [0.1, 0.15) is 0 Å². The van der Waals surface area contributed by atoms with Crippen molar-refractivity contribution in [3.8, 4) is 0 Å². The summed E-state index contributed by atoms with van der Waals surface area (Å²) in [4.78, 5) is 12.4. The molecule has 1 N–H and O–H groups in total. The van der Waals surface area contributed by atoms with E-state index in [9.17, 15) is 4.79 Å². The number of amides is 1. The minimum Gasteiger partial charge on any atom is -0.325 e. The van der Waals surface area contributed by atoms with Crippen molar-refractivity contribution >= 4 is 23.4 Å². The quantitative estimate of drug-likeness (QED) is 0.937. The molecule has 0 saturated carbocycles. The van der Waals surface area contributed by atoms with Gasteiger partial charge in [0.25, 0.3) is 0 Å². The van der Waals surface area contributed by atoms with Crippen LogP contribution in [0.3, 0.4) is 0 Å².